The second kappa shape index (κ2) is 12.0. The number of ketones is 1. The van der Waals surface area contributed by atoms with E-state index < -0.39 is 6.04 Å². The number of hydrogen-bond donors (Lipinski definition) is 4. The van der Waals surface area contributed by atoms with Gasteiger partial charge in [0.25, 0.3) is 0 Å². The summed E-state index contributed by atoms with van der Waals surface area (Å²) in [5.41, 5.74) is 2.32. The van der Waals surface area contributed by atoms with E-state index in [0.717, 1.165) is 11.1 Å². The standard InChI is InChI=1S/C25H33N3O4/c1-16(2)24(31)20-9-5-19(6-10-20)14-27-25(32)22(28-23(30)15-26-17(3)4)13-18-7-11-21(29)12-8-18/h5-12,16-17,22,26,29H,13-15H2,1-4H3,(H,27,32)(H,28,30)/t22-/m0/s1. The lowest BCUT2D eigenvalue weighted by molar-refractivity contribution is -0.128. The Labute approximate surface area is 189 Å². The summed E-state index contributed by atoms with van der Waals surface area (Å²) in [4.78, 5) is 37.3. The van der Waals surface area contributed by atoms with Crippen LogP contribution >= 0.6 is 0 Å². The third-order valence-electron chi connectivity index (χ3n) is 4.93. The molecule has 0 spiro atoms. The van der Waals surface area contributed by atoms with E-state index in [1.54, 1.807) is 36.4 Å². The Morgan fingerprint density at radius 2 is 1.47 bits per heavy atom. The first-order chi connectivity index (χ1) is 15.2. The van der Waals surface area contributed by atoms with Gasteiger partial charge in [-0.25, -0.2) is 0 Å². The van der Waals surface area contributed by atoms with E-state index in [1.807, 2.05) is 39.8 Å². The molecule has 2 aromatic carbocycles. The lowest BCUT2D eigenvalue weighted by Gasteiger charge is -2.19. The Bertz CT molecular complexity index is 906. The topological polar surface area (TPSA) is 108 Å². The van der Waals surface area contributed by atoms with Crippen LogP contribution in [0.4, 0.5) is 0 Å². The molecule has 4 N–H and O–H groups in total. The molecular formula is C25H33N3O4. The predicted molar refractivity (Wildman–Crippen MR) is 124 cm³/mol. The van der Waals surface area contributed by atoms with Gasteiger partial charge in [-0.05, 0) is 23.3 Å². The van der Waals surface area contributed by atoms with Crippen LogP contribution in [-0.2, 0) is 22.6 Å². The number of phenolic OH excluding ortho intramolecular Hbond substituents is 1. The third kappa shape index (κ3) is 8.15. The molecule has 7 nitrogen and oxygen atoms in total. The van der Waals surface area contributed by atoms with Crippen molar-refractivity contribution in [2.75, 3.05) is 6.54 Å². The Morgan fingerprint density at radius 1 is 0.875 bits per heavy atom. The number of hydrogen-bond acceptors (Lipinski definition) is 5. The summed E-state index contributed by atoms with van der Waals surface area (Å²) in [5.74, 6) is -0.436. The normalized spacial score (nSPS) is 11.9. The summed E-state index contributed by atoms with van der Waals surface area (Å²) in [6.45, 7) is 7.98. The second-order valence-electron chi connectivity index (χ2n) is 8.46. The SMILES string of the molecule is CC(C)NCC(=O)N[C@@H](Cc1ccc(O)cc1)C(=O)NCc1ccc(C(=O)C(C)C)cc1. The first-order valence-corrected chi connectivity index (χ1v) is 10.9. The fraction of sp³-hybridized carbons (Fsp3) is 0.400. The molecule has 0 radical (unpaired) electrons. The number of rotatable bonds is 11. The number of nitrogens with one attached hydrogen (secondary N) is 3. The molecule has 0 fully saturated rings. The van der Waals surface area contributed by atoms with Crippen LogP contribution in [0.5, 0.6) is 5.75 Å². The number of carbonyl (C=O) groups is 3. The molecule has 1 atom stereocenters. The molecule has 2 aromatic rings. The van der Waals surface area contributed by atoms with Crippen molar-refractivity contribution in [2.24, 2.45) is 5.92 Å². The Hall–Kier alpha value is -3.19. The van der Waals surface area contributed by atoms with E-state index in [4.69, 9.17) is 0 Å². The van der Waals surface area contributed by atoms with Crippen LogP contribution in [0.3, 0.4) is 0 Å². The molecule has 7 heteroatoms. The molecule has 0 unspecified atom stereocenters. The van der Waals surface area contributed by atoms with Crippen molar-refractivity contribution in [3.8, 4) is 5.75 Å². The van der Waals surface area contributed by atoms with Crippen molar-refractivity contribution in [1.29, 1.82) is 0 Å². The Morgan fingerprint density at radius 3 is 2.03 bits per heavy atom. The summed E-state index contributed by atoms with van der Waals surface area (Å²) < 4.78 is 0. The van der Waals surface area contributed by atoms with Gasteiger partial charge in [0.2, 0.25) is 11.8 Å². The maximum absolute atomic E-state index is 12.9. The van der Waals surface area contributed by atoms with Crippen molar-refractivity contribution >= 4 is 17.6 Å². The molecule has 0 aliphatic rings. The van der Waals surface area contributed by atoms with Gasteiger partial charge >= 0.3 is 0 Å². The number of phenols is 1. The minimum absolute atomic E-state index is 0.0741. The summed E-state index contributed by atoms with van der Waals surface area (Å²) in [5, 5.41) is 18.2. The molecule has 2 rings (SSSR count). The van der Waals surface area contributed by atoms with Gasteiger partial charge in [0, 0.05) is 30.5 Å². The van der Waals surface area contributed by atoms with Gasteiger partial charge in [-0.1, -0.05) is 64.1 Å². The third-order valence-corrected chi connectivity index (χ3v) is 4.93. The molecule has 0 aliphatic heterocycles. The van der Waals surface area contributed by atoms with Crippen LogP contribution in [-0.4, -0.2) is 41.3 Å². The van der Waals surface area contributed by atoms with Crippen molar-refractivity contribution in [2.45, 2.75) is 52.7 Å². The smallest absolute Gasteiger partial charge is 0.243 e. The van der Waals surface area contributed by atoms with Crippen LogP contribution in [0.2, 0.25) is 0 Å². The molecule has 0 aliphatic carbocycles. The van der Waals surface area contributed by atoms with Crippen LogP contribution in [0.15, 0.2) is 48.5 Å². The number of amides is 2. The van der Waals surface area contributed by atoms with E-state index >= 15 is 0 Å². The van der Waals surface area contributed by atoms with Gasteiger partial charge in [-0.3, -0.25) is 14.4 Å². The first kappa shape index (κ1) is 25.1. The molecule has 172 valence electrons. The van der Waals surface area contributed by atoms with Gasteiger partial charge in [-0.15, -0.1) is 0 Å². The highest BCUT2D eigenvalue weighted by atomic mass is 16.3. The molecule has 0 saturated carbocycles. The van der Waals surface area contributed by atoms with Gasteiger partial charge in [0.1, 0.15) is 11.8 Å². The highest BCUT2D eigenvalue weighted by Gasteiger charge is 2.21. The summed E-state index contributed by atoms with van der Waals surface area (Å²) >= 11 is 0. The minimum Gasteiger partial charge on any atom is -0.508 e. The number of Topliss-reactive ketones (excluding diaryl/α,β-unsaturated/α-hetero) is 1. The average Bonchev–Trinajstić information content (AvgIpc) is 2.76. The zero-order chi connectivity index (χ0) is 23.7. The maximum atomic E-state index is 12.9. The Kier molecular flexibility index (Phi) is 9.40. The van der Waals surface area contributed by atoms with Crippen molar-refractivity contribution in [3.63, 3.8) is 0 Å². The molecule has 2 amide bonds. The van der Waals surface area contributed by atoms with E-state index in [0.29, 0.717) is 12.0 Å². The molecule has 0 saturated heterocycles. The van der Waals surface area contributed by atoms with Gasteiger partial charge < -0.3 is 21.1 Å². The second-order valence-corrected chi connectivity index (χ2v) is 8.46. The van der Waals surface area contributed by atoms with Crippen molar-refractivity contribution in [1.82, 2.24) is 16.0 Å². The zero-order valence-corrected chi connectivity index (χ0v) is 19.1. The van der Waals surface area contributed by atoms with Crippen molar-refractivity contribution < 1.29 is 19.5 Å². The minimum atomic E-state index is -0.761. The number of aromatic hydroxyl groups is 1. The monoisotopic (exact) mass is 439 g/mol. The summed E-state index contributed by atoms with van der Waals surface area (Å²) in [7, 11) is 0. The first-order valence-electron chi connectivity index (χ1n) is 10.9. The molecular weight excluding hydrogens is 406 g/mol. The van der Waals surface area contributed by atoms with Gasteiger partial charge in [-0.2, -0.15) is 0 Å². The zero-order valence-electron chi connectivity index (χ0n) is 19.1. The van der Waals surface area contributed by atoms with Gasteiger partial charge in [0.05, 0.1) is 6.54 Å². The van der Waals surface area contributed by atoms with E-state index in [-0.39, 0.29) is 48.4 Å². The highest BCUT2D eigenvalue weighted by Crippen LogP contribution is 2.12. The van der Waals surface area contributed by atoms with Crippen LogP contribution in [0.25, 0.3) is 0 Å². The lowest BCUT2D eigenvalue weighted by atomic mass is 10.00. The predicted octanol–water partition coefficient (Wildman–Crippen LogP) is 2.57. The van der Waals surface area contributed by atoms with E-state index in [9.17, 15) is 19.5 Å². The summed E-state index contributed by atoms with van der Waals surface area (Å²) in [6.07, 6.45) is 0.293. The summed E-state index contributed by atoms with van der Waals surface area (Å²) in [6, 6.07) is 13.1. The van der Waals surface area contributed by atoms with E-state index in [2.05, 4.69) is 16.0 Å². The van der Waals surface area contributed by atoms with Crippen LogP contribution in [0, 0.1) is 5.92 Å². The maximum Gasteiger partial charge on any atom is 0.243 e. The lowest BCUT2D eigenvalue weighted by Crippen LogP contribution is -2.50. The molecule has 0 bridgehead atoms. The van der Waals surface area contributed by atoms with Crippen LogP contribution in [0.1, 0.15) is 49.2 Å². The quantitative estimate of drug-likeness (QED) is 0.403. The Balaban J connectivity index is 2.03. The fourth-order valence-electron chi connectivity index (χ4n) is 3.05. The molecule has 32 heavy (non-hydrogen) atoms. The largest absolute Gasteiger partial charge is 0.508 e. The molecule has 0 aromatic heterocycles. The van der Waals surface area contributed by atoms with E-state index in [1.165, 1.54) is 0 Å². The number of benzene rings is 2. The average molecular weight is 440 g/mol. The van der Waals surface area contributed by atoms with Crippen molar-refractivity contribution in [3.05, 3.63) is 65.2 Å². The van der Waals surface area contributed by atoms with Gasteiger partial charge in [0.15, 0.2) is 5.78 Å². The fourth-order valence-corrected chi connectivity index (χ4v) is 3.05. The molecule has 0 heterocycles. The van der Waals surface area contributed by atoms with Crippen LogP contribution < -0.4 is 16.0 Å². The number of carbonyl (C=O) groups excluding carboxylic acids is 3. The highest BCUT2D eigenvalue weighted by molar-refractivity contribution is 5.97.